The third-order valence-electron chi connectivity index (χ3n) is 6.90. The lowest BCUT2D eigenvalue weighted by molar-refractivity contribution is 0.0889. The number of hydrogen-bond donors (Lipinski definition) is 1. The van der Waals surface area contributed by atoms with Crippen molar-refractivity contribution in [1.82, 2.24) is 30.1 Å². The lowest BCUT2D eigenvalue weighted by atomic mass is 9.95. The quantitative estimate of drug-likeness (QED) is 0.639. The molecule has 0 bridgehead atoms. The third kappa shape index (κ3) is 4.21. The highest BCUT2D eigenvalue weighted by Gasteiger charge is 2.33. The number of piperidine rings is 1. The molecule has 2 aliphatic heterocycles. The van der Waals surface area contributed by atoms with Gasteiger partial charge in [-0.25, -0.2) is 4.68 Å². The standard InChI is InChI=1S/C24H32N6O2/c1-3-17-8-9-21-18(12-17)13-20(24(31)25-21)22(29-10-4-6-16(2)14-29)23-26-27-28-30(23)15-19-7-5-11-32-19/h8-9,12-13,16,19,22H,3-7,10-11,14-15H2,1-2H3,(H,25,31)/t16-,19+,22-/m0/s1. The normalized spacial score (nSPS) is 23.1. The Morgan fingerprint density at radius 1 is 1.25 bits per heavy atom. The first kappa shape index (κ1) is 21.3. The van der Waals surface area contributed by atoms with E-state index in [0.717, 1.165) is 62.1 Å². The first-order valence-electron chi connectivity index (χ1n) is 11.9. The molecule has 2 saturated heterocycles. The minimum Gasteiger partial charge on any atom is -0.376 e. The van der Waals surface area contributed by atoms with Gasteiger partial charge in [-0.2, -0.15) is 0 Å². The Kier molecular flexibility index (Phi) is 6.06. The number of ether oxygens (including phenoxy) is 1. The molecule has 0 aliphatic carbocycles. The van der Waals surface area contributed by atoms with Crippen molar-refractivity contribution in [1.29, 1.82) is 0 Å². The number of hydrogen-bond acceptors (Lipinski definition) is 6. The Hall–Kier alpha value is -2.58. The van der Waals surface area contributed by atoms with Crippen molar-refractivity contribution in [2.45, 2.75) is 64.6 Å². The summed E-state index contributed by atoms with van der Waals surface area (Å²) in [5.74, 6) is 1.30. The van der Waals surface area contributed by atoms with Crippen LogP contribution in [0.4, 0.5) is 0 Å². The average molecular weight is 437 g/mol. The largest absolute Gasteiger partial charge is 0.376 e. The fraction of sp³-hybridized carbons (Fsp3) is 0.583. The first-order chi connectivity index (χ1) is 15.6. The molecule has 0 unspecified atom stereocenters. The summed E-state index contributed by atoms with van der Waals surface area (Å²) >= 11 is 0. The van der Waals surface area contributed by atoms with E-state index in [4.69, 9.17) is 4.74 Å². The number of aromatic nitrogens is 5. The molecule has 2 fully saturated rings. The SMILES string of the molecule is CCc1ccc2[nH]c(=O)c([C@@H](c3nnnn3C[C@H]3CCCO3)N3CCC[C@H](C)C3)cc2c1. The molecule has 0 amide bonds. The van der Waals surface area contributed by atoms with Crippen molar-refractivity contribution < 1.29 is 4.74 Å². The van der Waals surface area contributed by atoms with Crippen molar-refractivity contribution in [3.8, 4) is 0 Å². The van der Waals surface area contributed by atoms with Gasteiger partial charge < -0.3 is 9.72 Å². The molecule has 2 aliphatic rings. The molecule has 170 valence electrons. The molecule has 3 aromatic rings. The second-order valence-electron chi connectivity index (χ2n) is 9.33. The Balaban J connectivity index is 1.60. The molecule has 4 heterocycles. The van der Waals surface area contributed by atoms with Crippen molar-refractivity contribution in [3.05, 3.63) is 51.6 Å². The number of H-pyrrole nitrogens is 1. The molecular formula is C24H32N6O2. The molecule has 0 spiro atoms. The first-order valence-corrected chi connectivity index (χ1v) is 11.9. The van der Waals surface area contributed by atoms with E-state index < -0.39 is 0 Å². The van der Waals surface area contributed by atoms with Crippen LogP contribution < -0.4 is 5.56 Å². The van der Waals surface area contributed by atoms with E-state index in [1.165, 1.54) is 12.0 Å². The maximum atomic E-state index is 13.3. The van der Waals surface area contributed by atoms with Gasteiger partial charge in [0.05, 0.1) is 12.6 Å². The van der Waals surface area contributed by atoms with Gasteiger partial charge in [-0.1, -0.05) is 19.9 Å². The van der Waals surface area contributed by atoms with E-state index in [1.54, 1.807) is 0 Å². The van der Waals surface area contributed by atoms with E-state index in [2.05, 4.69) is 51.4 Å². The lowest BCUT2D eigenvalue weighted by Crippen LogP contribution is -2.41. The second kappa shape index (κ2) is 9.11. The smallest absolute Gasteiger partial charge is 0.253 e. The monoisotopic (exact) mass is 436 g/mol. The number of aryl methyl sites for hydroxylation is 1. The minimum absolute atomic E-state index is 0.0726. The molecule has 0 saturated carbocycles. The van der Waals surface area contributed by atoms with Crippen molar-refractivity contribution in [2.75, 3.05) is 19.7 Å². The highest BCUT2D eigenvalue weighted by atomic mass is 16.5. The van der Waals surface area contributed by atoms with Gasteiger partial charge in [0, 0.05) is 24.2 Å². The van der Waals surface area contributed by atoms with Crippen molar-refractivity contribution in [3.63, 3.8) is 0 Å². The number of rotatable bonds is 6. The van der Waals surface area contributed by atoms with E-state index in [0.29, 0.717) is 18.0 Å². The van der Waals surface area contributed by atoms with Gasteiger partial charge in [-0.05, 0) is 84.1 Å². The van der Waals surface area contributed by atoms with Crippen molar-refractivity contribution in [2.24, 2.45) is 5.92 Å². The highest BCUT2D eigenvalue weighted by Crippen LogP contribution is 2.31. The number of nitrogens with zero attached hydrogens (tertiary/aromatic N) is 5. The molecule has 1 aromatic carbocycles. The maximum Gasteiger partial charge on any atom is 0.253 e. The zero-order valence-corrected chi connectivity index (χ0v) is 19.0. The highest BCUT2D eigenvalue weighted by molar-refractivity contribution is 5.80. The van der Waals surface area contributed by atoms with Crippen LogP contribution in [0, 0.1) is 5.92 Å². The van der Waals surface area contributed by atoms with Crippen LogP contribution in [0.5, 0.6) is 0 Å². The van der Waals surface area contributed by atoms with Crippen LogP contribution in [0.2, 0.25) is 0 Å². The predicted molar refractivity (Wildman–Crippen MR) is 123 cm³/mol. The molecule has 8 nitrogen and oxygen atoms in total. The predicted octanol–water partition coefficient (Wildman–Crippen LogP) is 3.08. The van der Waals surface area contributed by atoms with Crippen LogP contribution in [0.15, 0.2) is 29.1 Å². The zero-order valence-electron chi connectivity index (χ0n) is 19.0. The topological polar surface area (TPSA) is 88.9 Å². The van der Waals surface area contributed by atoms with E-state index in [9.17, 15) is 4.79 Å². The molecular weight excluding hydrogens is 404 g/mol. The fourth-order valence-electron chi connectivity index (χ4n) is 5.17. The lowest BCUT2D eigenvalue weighted by Gasteiger charge is -2.36. The number of fused-ring (bicyclic) bond motifs is 1. The molecule has 1 N–H and O–H groups in total. The summed E-state index contributed by atoms with van der Waals surface area (Å²) in [5, 5.41) is 13.8. The number of nitrogens with one attached hydrogen (secondary N) is 1. The number of tetrazole rings is 1. The molecule has 8 heteroatoms. The van der Waals surface area contributed by atoms with Gasteiger partial charge >= 0.3 is 0 Å². The third-order valence-corrected chi connectivity index (χ3v) is 6.90. The maximum absolute atomic E-state index is 13.3. The minimum atomic E-state index is -0.285. The second-order valence-corrected chi connectivity index (χ2v) is 9.33. The summed E-state index contributed by atoms with van der Waals surface area (Å²) in [5.41, 5.74) is 2.75. The van der Waals surface area contributed by atoms with Crippen LogP contribution in [0.25, 0.3) is 10.9 Å². The summed E-state index contributed by atoms with van der Waals surface area (Å²) in [6, 6.07) is 8.00. The Bertz CT molecular complexity index is 1130. The van der Waals surface area contributed by atoms with Crippen LogP contribution in [0.3, 0.4) is 0 Å². The summed E-state index contributed by atoms with van der Waals surface area (Å²) in [4.78, 5) is 18.8. The molecule has 3 atom stereocenters. The molecule has 32 heavy (non-hydrogen) atoms. The van der Waals surface area contributed by atoms with Crippen LogP contribution in [-0.4, -0.2) is 55.9 Å². The Labute approximate surface area is 188 Å². The Morgan fingerprint density at radius 2 is 2.16 bits per heavy atom. The van der Waals surface area contributed by atoms with E-state index in [1.807, 2.05) is 16.8 Å². The van der Waals surface area contributed by atoms with Gasteiger partial charge in [0.15, 0.2) is 5.82 Å². The summed E-state index contributed by atoms with van der Waals surface area (Å²) in [6.45, 7) is 7.67. The summed E-state index contributed by atoms with van der Waals surface area (Å²) < 4.78 is 7.69. The van der Waals surface area contributed by atoms with Gasteiger partial charge in [0.2, 0.25) is 0 Å². The molecule has 2 aromatic heterocycles. The van der Waals surface area contributed by atoms with Crippen LogP contribution >= 0.6 is 0 Å². The number of likely N-dealkylation sites (tertiary alicyclic amines) is 1. The van der Waals surface area contributed by atoms with Gasteiger partial charge in [0.25, 0.3) is 5.56 Å². The molecule has 5 rings (SSSR count). The van der Waals surface area contributed by atoms with E-state index in [-0.39, 0.29) is 17.7 Å². The number of aromatic amines is 1. The molecule has 0 radical (unpaired) electrons. The van der Waals surface area contributed by atoms with Crippen molar-refractivity contribution >= 4 is 10.9 Å². The van der Waals surface area contributed by atoms with Crippen LogP contribution in [-0.2, 0) is 17.7 Å². The fourth-order valence-corrected chi connectivity index (χ4v) is 5.17. The summed E-state index contributed by atoms with van der Waals surface area (Å²) in [7, 11) is 0. The van der Waals surface area contributed by atoms with Gasteiger partial charge in [-0.15, -0.1) is 5.10 Å². The van der Waals surface area contributed by atoms with Crippen LogP contribution in [0.1, 0.15) is 62.5 Å². The van der Waals surface area contributed by atoms with E-state index >= 15 is 0 Å². The summed E-state index contributed by atoms with van der Waals surface area (Å²) in [6.07, 6.45) is 5.48. The Morgan fingerprint density at radius 3 is 2.94 bits per heavy atom. The number of benzene rings is 1. The number of pyridine rings is 1. The zero-order chi connectivity index (χ0) is 22.1. The average Bonchev–Trinajstić information content (AvgIpc) is 3.47. The van der Waals surface area contributed by atoms with Gasteiger partial charge in [-0.3, -0.25) is 9.69 Å². The van der Waals surface area contributed by atoms with Gasteiger partial charge in [0.1, 0.15) is 6.04 Å².